The Kier molecular flexibility index (Phi) is 5.64. The van der Waals surface area contributed by atoms with E-state index in [-0.39, 0.29) is 0 Å². The van der Waals surface area contributed by atoms with Crippen molar-refractivity contribution in [2.45, 2.75) is 18.9 Å². The Morgan fingerprint density at radius 1 is 1.32 bits per heavy atom. The van der Waals surface area contributed by atoms with Crippen LogP contribution in [-0.4, -0.2) is 43.4 Å². The van der Waals surface area contributed by atoms with Crippen molar-refractivity contribution < 1.29 is 9.84 Å². The predicted octanol–water partition coefficient (Wildman–Crippen LogP) is 2.73. The lowest BCUT2D eigenvalue weighted by Gasteiger charge is -2.28. The quantitative estimate of drug-likeness (QED) is 0.902. The third-order valence-electron chi connectivity index (χ3n) is 3.65. The highest BCUT2D eigenvalue weighted by molar-refractivity contribution is 6.30. The molecule has 19 heavy (non-hydrogen) atoms. The first kappa shape index (κ1) is 14.8. The fourth-order valence-corrected chi connectivity index (χ4v) is 2.66. The maximum absolute atomic E-state index is 10.2. The number of halogens is 1. The van der Waals surface area contributed by atoms with E-state index in [1.165, 1.54) is 0 Å². The number of nitrogens with zero attached hydrogens (tertiary/aromatic N) is 1. The maximum Gasteiger partial charge on any atom is 0.0916 e. The molecule has 1 unspecified atom stereocenters. The summed E-state index contributed by atoms with van der Waals surface area (Å²) in [5.74, 6) is 0.691. The van der Waals surface area contributed by atoms with Crippen LogP contribution in [0.5, 0.6) is 0 Å². The standard InChI is InChI=1S/C15H22ClNO2/c1-17(10-12-6-8-19-9-7-12)11-15(18)13-2-4-14(16)5-3-13/h2-5,12,15,18H,6-11H2,1H3. The lowest BCUT2D eigenvalue weighted by Crippen LogP contribution is -2.32. The van der Waals surface area contributed by atoms with E-state index < -0.39 is 6.10 Å². The molecule has 0 aromatic heterocycles. The second kappa shape index (κ2) is 7.25. The molecule has 1 heterocycles. The van der Waals surface area contributed by atoms with Crippen molar-refractivity contribution in [3.05, 3.63) is 34.9 Å². The molecule has 106 valence electrons. The number of rotatable bonds is 5. The summed E-state index contributed by atoms with van der Waals surface area (Å²) in [6.45, 7) is 3.42. The molecule has 1 fully saturated rings. The zero-order chi connectivity index (χ0) is 13.7. The number of ether oxygens (including phenoxy) is 1. The van der Waals surface area contributed by atoms with Gasteiger partial charge in [-0.25, -0.2) is 0 Å². The first-order chi connectivity index (χ1) is 9.15. The Bertz CT molecular complexity index is 376. The largest absolute Gasteiger partial charge is 0.387 e. The first-order valence-electron chi connectivity index (χ1n) is 6.85. The summed E-state index contributed by atoms with van der Waals surface area (Å²) in [7, 11) is 2.06. The second-order valence-corrected chi connectivity index (χ2v) is 5.78. The Morgan fingerprint density at radius 2 is 1.95 bits per heavy atom. The van der Waals surface area contributed by atoms with Crippen LogP contribution in [0, 0.1) is 5.92 Å². The van der Waals surface area contributed by atoms with Gasteiger partial charge >= 0.3 is 0 Å². The van der Waals surface area contributed by atoms with E-state index in [2.05, 4.69) is 11.9 Å². The Labute approximate surface area is 120 Å². The molecule has 1 aromatic carbocycles. The van der Waals surface area contributed by atoms with E-state index in [9.17, 15) is 5.11 Å². The minimum atomic E-state index is -0.456. The zero-order valence-corrected chi connectivity index (χ0v) is 12.1. The molecule has 2 rings (SSSR count). The van der Waals surface area contributed by atoms with E-state index in [4.69, 9.17) is 16.3 Å². The van der Waals surface area contributed by atoms with Crippen molar-refractivity contribution in [3.8, 4) is 0 Å². The van der Waals surface area contributed by atoms with Crippen LogP contribution in [-0.2, 0) is 4.74 Å². The average molecular weight is 284 g/mol. The van der Waals surface area contributed by atoms with E-state index in [0.29, 0.717) is 17.5 Å². The fourth-order valence-electron chi connectivity index (χ4n) is 2.53. The van der Waals surface area contributed by atoms with Crippen LogP contribution < -0.4 is 0 Å². The third kappa shape index (κ3) is 4.77. The normalized spacial score (nSPS) is 18.7. The first-order valence-corrected chi connectivity index (χ1v) is 7.23. The summed E-state index contributed by atoms with van der Waals surface area (Å²) in [6.07, 6.45) is 1.80. The van der Waals surface area contributed by atoms with E-state index in [1.807, 2.05) is 24.3 Å². The SMILES string of the molecule is CN(CC1CCOCC1)CC(O)c1ccc(Cl)cc1. The van der Waals surface area contributed by atoms with Crippen molar-refractivity contribution >= 4 is 11.6 Å². The van der Waals surface area contributed by atoms with Crippen LogP contribution in [0.25, 0.3) is 0 Å². The summed E-state index contributed by atoms with van der Waals surface area (Å²) in [5.41, 5.74) is 0.920. The zero-order valence-electron chi connectivity index (χ0n) is 11.4. The molecular formula is C15H22ClNO2. The minimum Gasteiger partial charge on any atom is -0.387 e. The number of hydrogen-bond donors (Lipinski definition) is 1. The van der Waals surface area contributed by atoms with Crippen LogP contribution in [0.4, 0.5) is 0 Å². The van der Waals surface area contributed by atoms with Crippen LogP contribution in [0.1, 0.15) is 24.5 Å². The van der Waals surface area contributed by atoms with Crippen LogP contribution in [0.15, 0.2) is 24.3 Å². The molecule has 1 aromatic rings. The molecule has 4 heteroatoms. The molecule has 0 aliphatic carbocycles. The van der Waals surface area contributed by atoms with Crippen LogP contribution >= 0.6 is 11.6 Å². The third-order valence-corrected chi connectivity index (χ3v) is 3.90. The van der Waals surface area contributed by atoms with Crippen LogP contribution in [0.3, 0.4) is 0 Å². The van der Waals surface area contributed by atoms with Crippen molar-refractivity contribution in [3.63, 3.8) is 0 Å². The fraction of sp³-hybridized carbons (Fsp3) is 0.600. The summed E-state index contributed by atoms with van der Waals surface area (Å²) in [4.78, 5) is 2.20. The maximum atomic E-state index is 10.2. The smallest absolute Gasteiger partial charge is 0.0916 e. The van der Waals surface area contributed by atoms with Gasteiger partial charge in [-0.3, -0.25) is 0 Å². The molecule has 1 N–H and O–H groups in total. The van der Waals surface area contributed by atoms with Crippen molar-refractivity contribution in [2.24, 2.45) is 5.92 Å². The van der Waals surface area contributed by atoms with Gasteiger partial charge in [0.05, 0.1) is 6.10 Å². The topological polar surface area (TPSA) is 32.7 Å². The van der Waals surface area contributed by atoms with Gasteiger partial charge < -0.3 is 14.7 Å². The van der Waals surface area contributed by atoms with Crippen LogP contribution in [0.2, 0.25) is 5.02 Å². The molecule has 0 saturated carbocycles. The Balaban J connectivity index is 1.80. The molecule has 0 bridgehead atoms. The van der Waals surface area contributed by atoms with Gasteiger partial charge in [-0.15, -0.1) is 0 Å². The van der Waals surface area contributed by atoms with Gasteiger partial charge in [-0.2, -0.15) is 0 Å². The molecule has 0 radical (unpaired) electrons. The van der Waals surface area contributed by atoms with Crippen molar-refractivity contribution in [2.75, 3.05) is 33.4 Å². The molecule has 1 aliphatic heterocycles. The lowest BCUT2D eigenvalue weighted by molar-refractivity contribution is 0.0478. The molecule has 3 nitrogen and oxygen atoms in total. The molecule has 1 saturated heterocycles. The lowest BCUT2D eigenvalue weighted by atomic mass is 9.99. The van der Waals surface area contributed by atoms with Gasteiger partial charge in [0.2, 0.25) is 0 Å². The number of aliphatic hydroxyl groups is 1. The highest BCUT2D eigenvalue weighted by Crippen LogP contribution is 2.19. The van der Waals surface area contributed by atoms with Crippen molar-refractivity contribution in [1.29, 1.82) is 0 Å². The second-order valence-electron chi connectivity index (χ2n) is 5.34. The molecular weight excluding hydrogens is 262 g/mol. The van der Waals surface area contributed by atoms with Gasteiger partial charge in [0, 0.05) is 31.3 Å². The summed E-state index contributed by atoms with van der Waals surface area (Å²) in [5, 5.41) is 10.9. The number of likely N-dealkylation sites (N-methyl/N-ethyl adjacent to an activating group) is 1. The summed E-state index contributed by atoms with van der Waals surface area (Å²) >= 11 is 5.85. The van der Waals surface area contributed by atoms with Gasteiger partial charge in [0.25, 0.3) is 0 Å². The van der Waals surface area contributed by atoms with E-state index in [0.717, 1.165) is 38.2 Å². The van der Waals surface area contributed by atoms with Gasteiger partial charge in [0.15, 0.2) is 0 Å². The Hall–Kier alpha value is -0.610. The number of benzene rings is 1. The minimum absolute atomic E-state index is 0.456. The van der Waals surface area contributed by atoms with Gasteiger partial charge in [-0.05, 0) is 43.5 Å². The number of aliphatic hydroxyl groups excluding tert-OH is 1. The predicted molar refractivity (Wildman–Crippen MR) is 77.5 cm³/mol. The van der Waals surface area contributed by atoms with E-state index >= 15 is 0 Å². The van der Waals surface area contributed by atoms with Gasteiger partial charge in [0.1, 0.15) is 0 Å². The van der Waals surface area contributed by atoms with E-state index in [1.54, 1.807) is 0 Å². The highest BCUT2D eigenvalue weighted by Gasteiger charge is 2.17. The molecule has 1 atom stereocenters. The average Bonchev–Trinajstić information content (AvgIpc) is 2.40. The summed E-state index contributed by atoms with van der Waals surface area (Å²) < 4.78 is 5.36. The summed E-state index contributed by atoms with van der Waals surface area (Å²) in [6, 6.07) is 7.40. The molecule has 1 aliphatic rings. The van der Waals surface area contributed by atoms with Gasteiger partial charge in [-0.1, -0.05) is 23.7 Å². The molecule has 0 amide bonds. The molecule has 0 spiro atoms. The van der Waals surface area contributed by atoms with Crippen molar-refractivity contribution in [1.82, 2.24) is 4.90 Å². The Morgan fingerprint density at radius 3 is 2.58 bits per heavy atom. The number of hydrogen-bond acceptors (Lipinski definition) is 3. The highest BCUT2D eigenvalue weighted by atomic mass is 35.5. The monoisotopic (exact) mass is 283 g/mol.